The van der Waals surface area contributed by atoms with Crippen molar-refractivity contribution >= 4 is 0 Å². The van der Waals surface area contributed by atoms with Crippen LogP contribution in [0.4, 0.5) is 0 Å². The van der Waals surface area contributed by atoms with E-state index in [0.717, 1.165) is 0 Å². The summed E-state index contributed by atoms with van der Waals surface area (Å²) in [6.45, 7) is 0. The fourth-order valence-electron chi connectivity index (χ4n) is 1.09. The van der Waals surface area contributed by atoms with Gasteiger partial charge < -0.3 is 15.2 Å². The molecule has 0 aromatic carbocycles. The van der Waals surface area contributed by atoms with Crippen LogP contribution in [0.25, 0.3) is 11.4 Å². The Morgan fingerprint density at radius 2 is 2.00 bits per heavy atom. The lowest BCUT2D eigenvalue weighted by Crippen LogP contribution is -2.00. The summed E-state index contributed by atoms with van der Waals surface area (Å²) in [6.07, 6.45) is 1.22. The van der Waals surface area contributed by atoms with Crippen molar-refractivity contribution in [3.63, 3.8) is 0 Å². The lowest BCUT2D eigenvalue weighted by atomic mass is 10.3. The van der Waals surface area contributed by atoms with Gasteiger partial charge in [0, 0.05) is 0 Å². The fraction of sp³-hybridized carbons (Fsp3) is 0. The van der Waals surface area contributed by atoms with Crippen molar-refractivity contribution < 1.29 is 10.2 Å². The van der Waals surface area contributed by atoms with Crippen molar-refractivity contribution in [2.24, 2.45) is 0 Å². The normalized spacial score (nSPS) is 10.3. The molecule has 14 heavy (non-hydrogen) atoms. The molecular formula is C8H7N3O3. The molecule has 0 bridgehead atoms. The Bertz CT molecular complexity index is 497. The topological polar surface area (TPSA) is 102 Å². The molecule has 4 N–H and O–H groups in total. The number of hydrogen-bond donors (Lipinski definition) is 4. The molecular weight excluding hydrogens is 186 g/mol. The van der Waals surface area contributed by atoms with Crippen molar-refractivity contribution in [2.45, 2.75) is 0 Å². The quantitative estimate of drug-likeness (QED) is 0.518. The molecule has 2 rings (SSSR count). The number of aromatic amines is 2. The highest BCUT2D eigenvalue weighted by atomic mass is 16.3. The first kappa shape index (κ1) is 8.36. The van der Waals surface area contributed by atoms with E-state index in [2.05, 4.69) is 15.0 Å². The van der Waals surface area contributed by atoms with Crippen LogP contribution in [0.3, 0.4) is 0 Å². The van der Waals surface area contributed by atoms with E-state index in [1.165, 1.54) is 18.3 Å². The lowest BCUT2D eigenvalue weighted by molar-refractivity contribution is 0.457. The molecule has 2 aromatic rings. The Morgan fingerprint density at radius 3 is 2.50 bits per heavy atom. The molecule has 6 heteroatoms. The second-order valence-corrected chi connectivity index (χ2v) is 2.70. The molecule has 0 saturated carbocycles. The SMILES string of the molecule is O=c1[nH]c(O)c(-c2ccc(O)cn2)[nH]1. The number of imidazole rings is 1. The van der Waals surface area contributed by atoms with E-state index < -0.39 is 5.69 Å². The third-order valence-corrected chi connectivity index (χ3v) is 1.71. The van der Waals surface area contributed by atoms with E-state index >= 15 is 0 Å². The molecule has 0 atom stereocenters. The molecule has 0 amide bonds. The predicted octanol–water partition coefficient (Wildman–Crippen LogP) is 0.176. The number of rotatable bonds is 1. The van der Waals surface area contributed by atoms with Gasteiger partial charge in [0.2, 0.25) is 5.88 Å². The van der Waals surface area contributed by atoms with Crippen molar-refractivity contribution in [1.82, 2.24) is 15.0 Å². The predicted molar refractivity (Wildman–Crippen MR) is 48.0 cm³/mol. The molecule has 6 nitrogen and oxygen atoms in total. The first-order chi connectivity index (χ1) is 6.66. The molecule has 0 aliphatic rings. The second kappa shape index (κ2) is 2.91. The van der Waals surface area contributed by atoms with Crippen LogP contribution in [-0.2, 0) is 0 Å². The molecule has 2 aromatic heterocycles. The fourth-order valence-corrected chi connectivity index (χ4v) is 1.09. The van der Waals surface area contributed by atoms with Gasteiger partial charge in [0.25, 0.3) is 0 Å². The summed E-state index contributed by atoms with van der Waals surface area (Å²) in [4.78, 5) is 19.2. The zero-order valence-corrected chi connectivity index (χ0v) is 6.98. The molecule has 2 heterocycles. The highest BCUT2D eigenvalue weighted by Gasteiger charge is 2.08. The van der Waals surface area contributed by atoms with Crippen molar-refractivity contribution in [3.05, 3.63) is 28.8 Å². The van der Waals surface area contributed by atoms with Crippen LogP contribution in [0.15, 0.2) is 23.1 Å². The first-order valence-corrected chi connectivity index (χ1v) is 3.83. The molecule has 0 radical (unpaired) electrons. The zero-order valence-electron chi connectivity index (χ0n) is 6.98. The number of nitrogens with zero attached hydrogens (tertiary/aromatic N) is 1. The monoisotopic (exact) mass is 193 g/mol. The van der Waals surface area contributed by atoms with Gasteiger partial charge in [-0.3, -0.25) is 9.97 Å². The molecule has 0 unspecified atom stereocenters. The van der Waals surface area contributed by atoms with Crippen LogP contribution in [0.1, 0.15) is 0 Å². The van der Waals surface area contributed by atoms with Crippen LogP contribution < -0.4 is 5.69 Å². The number of hydrogen-bond acceptors (Lipinski definition) is 4. The largest absolute Gasteiger partial charge is 0.506 e. The van der Waals surface area contributed by atoms with Crippen molar-refractivity contribution in [1.29, 1.82) is 0 Å². The van der Waals surface area contributed by atoms with E-state index in [4.69, 9.17) is 5.11 Å². The Morgan fingerprint density at radius 1 is 1.21 bits per heavy atom. The first-order valence-electron chi connectivity index (χ1n) is 3.83. The minimum atomic E-state index is -0.507. The van der Waals surface area contributed by atoms with E-state index in [1.54, 1.807) is 0 Å². The molecule has 0 aliphatic carbocycles. The number of pyridine rings is 1. The van der Waals surface area contributed by atoms with Gasteiger partial charge in [0.15, 0.2) is 0 Å². The summed E-state index contributed by atoms with van der Waals surface area (Å²) in [5, 5.41) is 18.2. The van der Waals surface area contributed by atoms with Crippen LogP contribution in [0.5, 0.6) is 11.6 Å². The van der Waals surface area contributed by atoms with Gasteiger partial charge in [-0.1, -0.05) is 0 Å². The smallest absolute Gasteiger partial charge is 0.326 e. The number of H-pyrrole nitrogens is 2. The van der Waals surface area contributed by atoms with Crippen molar-refractivity contribution in [2.75, 3.05) is 0 Å². The summed E-state index contributed by atoms with van der Waals surface area (Å²) >= 11 is 0. The number of aromatic nitrogens is 3. The minimum Gasteiger partial charge on any atom is -0.506 e. The van der Waals surface area contributed by atoms with Crippen LogP contribution in [0, 0.1) is 0 Å². The summed E-state index contributed by atoms with van der Waals surface area (Å²) in [5.41, 5.74) is 0.0704. The third kappa shape index (κ3) is 1.33. The lowest BCUT2D eigenvalue weighted by Gasteiger charge is -1.96. The second-order valence-electron chi connectivity index (χ2n) is 2.70. The average Bonchev–Trinajstić information content (AvgIpc) is 2.47. The van der Waals surface area contributed by atoms with Gasteiger partial charge in [-0.2, -0.15) is 0 Å². The number of nitrogens with one attached hydrogen (secondary N) is 2. The van der Waals surface area contributed by atoms with E-state index in [-0.39, 0.29) is 17.3 Å². The van der Waals surface area contributed by atoms with Gasteiger partial charge >= 0.3 is 5.69 Å². The molecule has 0 saturated heterocycles. The molecule has 0 aliphatic heterocycles. The summed E-state index contributed by atoms with van der Waals surface area (Å²) < 4.78 is 0. The highest BCUT2D eigenvalue weighted by molar-refractivity contribution is 5.59. The van der Waals surface area contributed by atoms with Gasteiger partial charge in [0.05, 0.1) is 11.9 Å². The Hall–Kier alpha value is -2.24. The van der Waals surface area contributed by atoms with Gasteiger partial charge in [-0.25, -0.2) is 4.79 Å². The van der Waals surface area contributed by atoms with E-state index in [1.807, 2.05) is 0 Å². The highest BCUT2D eigenvalue weighted by Crippen LogP contribution is 2.22. The average molecular weight is 193 g/mol. The van der Waals surface area contributed by atoms with E-state index in [0.29, 0.717) is 5.69 Å². The maximum absolute atomic E-state index is 10.8. The summed E-state index contributed by atoms with van der Waals surface area (Å²) in [6, 6.07) is 2.89. The Kier molecular flexibility index (Phi) is 1.74. The molecule has 72 valence electrons. The van der Waals surface area contributed by atoms with Gasteiger partial charge in [-0.15, -0.1) is 0 Å². The van der Waals surface area contributed by atoms with Crippen LogP contribution in [0.2, 0.25) is 0 Å². The number of aromatic hydroxyl groups is 2. The maximum Gasteiger partial charge on any atom is 0.326 e. The Balaban J connectivity index is 2.54. The summed E-state index contributed by atoms with van der Waals surface area (Å²) in [7, 11) is 0. The van der Waals surface area contributed by atoms with Gasteiger partial charge in [-0.05, 0) is 12.1 Å². The van der Waals surface area contributed by atoms with Gasteiger partial charge in [0.1, 0.15) is 11.4 Å². The Labute approximate surface area is 77.9 Å². The summed E-state index contributed by atoms with van der Waals surface area (Å²) in [5.74, 6) is -0.251. The zero-order chi connectivity index (χ0) is 10.1. The van der Waals surface area contributed by atoms with Crippen LogP contribution in [-0.4, -0.2) is 25.2 Å². The molecule has 0 fully saturated rings. The van der Waals surface area contributed by atoms with Crippen LogP contribution >= 0.6 is 0 Å². The van der Waals surface area contributed by atoms with E-state index in [9.17, 15) is 9.90 Å². The van der Waals surface area contributed by atoms with Crippen molar-refractivity contribution in [3.8, 4) is 23.0 Å². The molecule has 0 spiro atoms. The standard InChI is InChI=1S/C8H7N3O3/c12-4-1-2-5(9-3-4)6-7(13)11-8(14)10-6/h1-3,12-13H,(H2,10,11,14). The minimum absolute atomic E-state index is 0.0196. The maximum atomic E-state index is 10.8. The third-order valence-electron chi connectivity index (χ3n) is 1.71.